The third-order valence-corrected chi connectivity index (χ3v) is 5.96. The topological polar surface area (TPSA) is 119 Å². The number of benzene rings is 1. The molecule has 2 bridgehead atoms. The minimum absolute atomic E-state index is 0.0618. The summed E-state index contributed by atoms with van der Waals surface area (Å²) >= 11 is 0. The maximum Gasteiger partial charge on any atom is 0.252 e. The molecule has 2 amide bonds. The van der Waals surface area contributed by atoms with Crippen LogP contribution in [0, 0.1) is 23.2 Å². The number of hydrogen-bond donors (Lipinski definition) is 1. The zero-order valence-electron chi connectivity index (χ0n) is 17.7. The van der Waals surface area contributed by atoms with E-state index in [2.05, 4.69) is 4.98 Å². The minimum Gasteiger partial charge on any atom is -0.490 e. The number of fused-ring (bicyclic) bond motifs is 3. The molecule has 2 fully saturated rings. The summed E-state index contributed by atoms with van der Waals surface area (Å²) in [5.41, 5.74) is 5.87. The molecule has 2 aliphatic rings. The van der Waals surface area contributed by atoms with Crippen LogP contribution in [0.25, 0.3) is 10.8 Å². The Hall–Kier alpha value is -3.34. The summed E-state index contributed by atoms with van der Waals surface area (Å²) in [6, 6.07) is 7.22. The summed E-state index contributed by atoms with van der Waals surface area (Å²) < 4.78 is 12.2. The quantitative estimate of drug-likeness (QED) is 0.764. The molecule has 1 aromatic carbocycles. The molecule has 31 heavy (non-hydrogen) atoms. The van der Waals surface area contributed by atoms with Gasteiger partial charge in [-0.15, -0.1) is 0 Å². The van der Waals surface area contributed by atoms with E-state index in [4.69, 9.17) is 20.5 Å². The number of rotatable bonds is 6. The number of amides is 2. The van der Waals surface area contributed by atoms with E-state index in [1.54, 1.807) is 23.2 Å². The lowest BCUT2D eigenvalue weighted by Crippen LogP contribution is -2.42. The summed E-state index contributed by atoms with van der Waals surface area (Å²) in [5.74, 6) is 0.789. The lowest BCUT2D eigenvalue weighted by Gasteiger charge is -2.32. The van der Waals surface area contributed by atoms with Crippen molar-refractivity contribution in [2.45, 2.75) is 45.3 Å². The van der Waals surface area contributed by atoms with Crippen LogP contribution in [0.4, 0.5) is 0 Å². The van der Waals surface area contributed by atoms with Gasteiger partial charge in [-0.25, -0.2) is 4.98 Å². The molecule has 0 radical (unpaired) electrons. The Morgan fingerprint density at radius 3 is 2.84 bits per heavy atom. The highest BCUT2D eigenvalue weighted by Gasteiger charge is 2.43. The SMILES string of the molecule is CC(C)Oc1cc2c(O[C@@H]3C[C@@H]4C[C@@H]3CN(C(=O)CC#N)C4)nccc2cc1C(N)=O. The van der Waals surface area contributed by atoms with Crippen LogP contribution in [0.15, 0.2) is 24.4 Å². The van der Waals surface area contributed by atoms with Crippen LogP contribution in [-0.2, 0) is 4.79 Å². The second-order valence-corrected chi connectivity index (χ2v) is 8.60. The molecule has 1 saturated carbocycles. The summed E-state index contributed by atoms with van der Waals surface area (Å²) in [7, 11) is 0. The minimum atomic E-state index is -0.552. The summed E-state index contributed by atoms with van der Waals surface area (Å²) in [6.07, 6.45) is 3.22. The predicted molar refractivity (Wildman–Crippen MR) is 113 cm³/mol. The standard InChI is InChI=1S/C23H26N4O4/c1-13(2)30-20-10-17-15(9-18(20)22(25)29)4-6-26-23(17)31-19-8-14-7-16(19)12-27(11-14)21(28)3-5-24/h4,6,9-10,13-14,16,19H,3,7-8,11-12H2,1-2H3,(H2,25,29)/t14-,16+,19+/m0/s1. The molecule has 8 nitrogen and oxygen atoms in total. The molecule has 162 valence electrons. The third kappa shape index (κ3) is 4.26. The Balaban J connectivity index is 1.61. The van der Waals surface area contributed by atoms with E-state index in [1.165, 1.54) is 0 Å². The van der Waals surface area contributed by atoms with Crippen molar-refractivity contribution in [3.05, 3.63) is 30.0 Å². The average Bonchev–Trinajstić information content (AvgIpc) is 3.00. The molecule has 0 unspecified atom stereocenters. The molecule has 1 aromatic heterocycles. The maximum atomic E-state index is 12.2. The molecular formula is C23H26N4O4. The first kappa shape index (κ1) is 20.9. The summed E-state index contributed by atoms with van der Waals surface area (Å²) in [4.78, 5) is 30.3. The first-order valence-electron chi connectivity index (χ1n) is 10.6. The first-order valence-corrected chi connectivity index (χ1v) is 10.6. The Kier molecular flexibility index (Phi) is 5.68. The van der Waals surface area contributed by atoms with Gasteiger partial charge in [0.05, 0.1) is 17.7 Å². The summed E-state index contributed by atoms with van der Waals surface area (Å²) in [6.45, 7) is 5.04. The van der Waals surface area contributed by atoms with Crippen LogP contribution in [0.1, 0.15) is 43.5 Å². The predicted octanol–water partition coefficient (Wildman–Crippen LogP) is 2.65. The van der Waals surface area contributed by atoms with E-state index in [0.717, 1.165) is 23.6 Å². The number of nitriles is 1. The van der Waals surface area contributed by atoms with E-state index in [9.17, 15) is 9.59 Å². The number of ether oxygens (including phenoxy) is 2. The zero-order valence-corrected chi connectivity index (χ0v) is 17.7. The largest absolute Gasteiger partial charge is 0.490 e. The van der Waals surface area contributed by atoms with E-state index in [0.29, 0.717) is 36.2 Å². The average molecular weight is 422 g/mol. The molecule has 1 aliphatic carbocycles. The van der Waals surface area contributed by atoms with Gasteiger partial charge in [-0.3, -0.25) is 9.59 Å². The lowest BCUT2D eigenvalue weighted by atomic mass is 9.98. The van der Waals surface area contributed by atoms with Crippen LogP contribution in [0.5, 0.6) is 11.6 Å². The molecule has 1 saturated heterocycles. The number of piperidine rings is 1. The van der Waals surface area contributed by atoms with Crippen molar-refractivity contribution in [2.24, 2.45) is 17.6 Å². The second-order valence-electron chi connectivity index (χ2n) is 8.60. The van der Waals surface area contributed by atoms with Crippen LogP contribution in [0.3, 0.4) is 0 Å². The Morgan fingerprint density at radius 2 is 2.13 bits per heavy atom. The van der Waals surface area contributed by atoms with Gasteiger partial charge >= 0.3 is 0 Å². The number of carbonyl (C=O) groups excluding carboxylic acids is 2. The maximum absolute atomic E-state index is 12.2. The Labute approximate surface area is 180 Å². The van der Waals surface area contributed by atoms with E-state index in [1.807, 2.05) is 26.0 Å². The van der Waals surface area contributed by atoms with Crippen molar-refractivity contribution < 1.29 is 19.1 Å². The van der Waals surface area contributed by atoms with Crippen LogP contribution < -0.4 is 15.2 Å². The highest BCUT2D eigenvalue weighted by atomic mass is 16.5. The molecule has 2 heterocycles. The lowest BCUT2D eigenvalue weighted by molar-refractivity contribution is -0.132. The molecular weight excluding hydrogens is 396 g/mol. The van der Waals surface area contributed by atoms with Crippen molar-refractivity contribution >= 4 is 22.6 Å². The first-order chi connectivity index (χ1) is 14.9. The Bertz CT molecular complexity index is 1060. The fourth-order valence-electron chi connectivity index (χ4n) is 4.69. The number of carbonyl (C=O) groups is 2. The molecule has 1 aliphatic heterocycles. The van der Waals surface area contributed by atoms with Gasteiger partial charge in [-0.05, 0) is 56.2 Å². The molecule has 8 heteroatoms. The second kappa shape index (κ2) is 8.42. The van der Waals surface area contributed by atoms with E-state index in [-0.39, 0.29) is 30.5 Å². The number of pyridine rings is 1. The Morgan fingerprint density at radius 1 is 1.32 bits per heavy atom. The molecule has 0 spiro atoms. The highest BCUT2D eigenvalue weighted by molar-refractivity contribution is 6.01. The molecule has 3 atom stereocenters. The highest BCUT2D eigenvalue weighted by Crippen LogP contribution is 2.40. The van der Waals surface area contributed by atoms with Gasteiger partial charge in [-0.2, -0.15) is 5.26 Å². The number of aromatic nitrogens is 1. The van der Waals surface area contributed by atoms with E-state index < -0.39 is 5.91 Å². The van der Waals surface area contributed by atoms with Gasteiger partial charge in [0.25, 0.3) is 5.91 Å². The van der Waals surface area contributed by atoms with Crippen LogP contribution >= 0.6 is 0 Å². The number of nitrogens with two attached hydrogens (primary N) is 1. The van der Waals surface area contributed by atoms with Gasteiger partial charge in [0.2, 0.25) is 11.8 Å². The fraction of sp³-hybridized carbons (Fsp3) is 0.478. The van der Waals surface area contributed by atoms with Gasteiger partial charge in [0.1, 0.15) is 18.3 Å². The van der Waals surface area contributed by atoms with Gasteiger partial charge < -0.3 is 20.1 Å². The van der Waals surface area contributed by atoms with Gasteiger partial charge in [0, 0.05) is 30.6 Å². The van der Waals surface area contributed by atoms with E-state index >= 15 is 0 Å². The van der Waals surface area contributed by atoms with Crippen molar-refractivity contribution in [1.29, 1.82) is 5.26 Å². The fourth-order valence-corrected chi connectivity index (χ4v) is 4.69. The summed E-state index contributed by atoms with van der Waals surface area (Å²) in [5, 5.41) is 10.4. The van der Waals surface area contributed by atoms with Crippen molar-refractivity contribution in [2.75, 3.05) is 13.1 Å². The number of primary amides is 1. The number of nitrogens with zero attached hydrogens (tertiary/aromatic N) is 3. The smallest absolute Gasteiger partial charge is 0.252 e. The van der Waals surface area contributed by atoms with Crippen LogP contribution in [-0.4, -0.2) is 47.0 Å². The molecule has 4 rings (SSSR count). The molecule has 2 N–H and O–H groups in total. The van der Waals surface area contributed by atoms with Crippen molar-refractivity contribution in [3.63, 3.8) is 0 Å². The van der Waals surface area contributed by atoms with Crippen molar-refractivity contribution in [3.8, 4) is 17.7 Å². The van der Waals surface area contributed by atoms with Crippen LogP contribution in [0.2, 0.25) is 0 Å². The number of likely N-dealkylation sites (tertiary alicyclic amines) is 1. The van der Waals surface area contributed by atoms with Crippen molar-refractivity contribution in [1.82, 2.24) is 9.88 Å². The molecule has 2 aromatic rings. The monoisotopic (exact) mass is 422 g/mol. The normalized spacial score (nSPS) is 22.4. The third-order valence-electron chi connectivity index (χ3n) is 5.96. The van der Waals surface area contributed by atoms with Gasteiger partial charge in [-0.1, -0.05) is 0 Å². The zero-order chi connectivity index (χ0) is 22.1. The van der Waals surface area contributed by atoms with Gasteiger partial charge in [0.15, 0.2) is 0 Å². The number of hydrogen-bond acceptors (Lipinski definition) is 6.